The molecule has 2 nitrogen and oxygen atoms in total. The molecule has 0 saturated carbocycles. The molecule has 8 aromatic carbocycles. The second-order valence-electron chi connectivity index (χ2n) is 12.1. The van der Waals surface area contributed by atoms with Crippen LogP contribution in [-0.2, 0) is 5.41 Å². The van der Waals surface area contributed by atoms with Gasteiger partial charge in [-0.05, 0) is 113 Å². The van der Waals surface area contributed by atoms with Crippen LogP contribution in [-0.4, -0.2) is 7.11 Å². The van der Waals surface area contributed by atoms with Crippen molar-refractivity contribution in [3.8, 4) is 22.6 Å². The molecular formula is C44H30O2. The molecule has 218 valence electrons. The largest absolute Gasteiger partial charge is 0.497 e. The highest BCUT2D eigenvalue weighted by Gasteiger charge is 2.48. The van der Waals surface area contributed by atoms with E-state index in [2.05, 4.69) is 146 Å². The molecule has 0 aromatic heterocycles. The van der Waals surface area contributed by atoms with Gasteiger partial charge in [0.2, 0.25) is 0 Å². The molecule has 1 aliphatic rings. The maximum atomic E-state index is 5.63. The fourth-order valence-corrected chi connectivity index (χ4v) is 7.87. The first kappa shape index (κ1) is 26.5. The predicted octanol–water partition coefficient (Wildman–Crippen LogP) is 11.2. The van der Waals surface area contributed by atoms with E-state index in [9.17, 15) is 0 Å². The molecular weight excluding hydrogens is 560 g/mol. The molecule has 0 fully saturated rings. The number of benzene rings is 8. The lowest BCUT2D eigenvalue weighted by Gasteiger charge is -2.35. The van der Waals surface area contributed by atoms with Gasteiger partial charge in [0, 0.05) is 0 Å². The average Bonchev–Trinajstić information content (AvgIpc) is 3.43. The van der Waals surface area contributed by atoms with Crippen LogP contribution in [0.4, 0.5) is 0 Å². The van der Waals surface area contributed by atoms with E-state index < -0.39 is 5.41 Å². The summed E-state index contributed by atoms with van der Waals surface area (Å²) < 4.78 is 11.2. The molecule has 46 heavy (non-hydrogen) atoms. The van der Waals surface area contributed by atoms with Crippen LogP contribution in [0.5, 0.6) is 11.5 Å². The SMILES string of the molecule is C=COc1ccc2cc(C3(c4ccc5cc(OC)ccc5c4)c4ccc5ccccc5c4-c4ccc5ccccc5c43)ccc2c1. The van der Waals surface area contributed by atoms with Gasteiger partial charge in [-0.25, -0.2) is 0 Å². The van der Waals surface area contributed by atoms with Crippen molar-refractivity contribution < 1.29 is 9.47 Å². The van der Waals surface area contributed by atoms with Crippen LogP contribution in [0.15, 0.2) is 158 Å². The normalized spacial score (nSPS) is 15.2. The van der Waals surface area contributed by atoms with Gasteiger partial charge in [0.25, 0.3) is 0 Å². The second kappa shape index (κ2) is 10.1. The first-order chi connectivity index (χ1) is 22.7. The smallest absolute Gasteiger partial charge is 0.127 e. The molecule has 0 radical (unpaired) electrons. The maximum Gasteiger partial charge on any atom is 0.127 e. The summed E-state index contributed by atoms with van der Waals surface area (Å²) in [5.41, 5.74) is 7.12. The van der Waals surface area contributed by atoms with Crippen molar-refractivity contribution in [2.75, 3.05) is 7.11 Å². The summed E-state index contributed by atoms with van der Waals surface area (Å²) in [5.74, 6) is 1.64. The fourth-order valence-electron chi connectivity index (χ4n) is 7.87. The highest BCUT2D eigenvalue weighted by Crippen LogP contribution is 2.60. The van der Waals surface area contributed by atoms with E-state index in [1.54, 1.807) is 7.11 Å². The van der Waals surface area contributed by atoms with Gasteiger partial charge in [-0.2, -0.15) is 0 Å². The Labute approximate surface area is 267 Å². The number of ether oxygens (including phenoxy) is 2. The molecule has 0 N–H and O–H groups in total. The summed E-state index contributed by atoms with van der Waals surface area (Å²) >= 11 is 0. The Morgan fingerprint density at radius 3 is 1.76 bits per heavy atom. The molecule has 0 amide bonds. The van der Waals surface area contributed by atoms with Gasteiger partial charge in [0.15, 0.2) is 0 Å². The summed E-state index contributed by atoms with van der Waals surface area (Å²) in [6.07, 6.45) is 1.47. The fraction of sp³-hybridized carbons (Fsp3) is 0.0455. The van der Waals surface area contributed by atoms with Crippen molar-refractivity contribution in [3.05, 3.63) is 181 Å². The second-order valence-corrected chi connectivity index (χ2v) is 12.1. The Morgan fingerprint density at radius 1 is 0.522 bits per heavy atom. The molecule has 0 spiro atoms. The van der Waals surface area contributed by atoms with Crippen LogP contribution < -0.4 is 9.47 Å². The molecule has 0 saturated heterocycles. The molecule has 1 aliphatic carbocycles. The lowest BCUT2D eigenvalue weighted by Crippen LogP contribution is -2.29. The topological polar surface area (TPSA) is 18.5 Å². The molecule has 9 rings (SSSR count). The predicted molar refractivity (Wildman–Crippen MR) is 191 cm³/mol. The first-order valence-electron chi connectivity index (χ1n) is 15.6. The summed E-state index contributed by atoms with van der Waals surface area (Å²) in [4.78, 5) is 0. The van der Waals surface area contributed by atoms with Gasteiger partial charge >= 0.3 is 0 Å². The summed E-state index contributed by atoms with van der Waals surface area (Å²) in [6.45, 7) is 3.74. The van der Waals surface area contributed by atoms with Crippen molar-refractivity contribution in [1.82, 2.24) is 0 Å². The number of fused-ring (bicyclic) bond motifs is 9. The lowest BCUT2D eigenvalue weighted by molar-refractivity contribution is 0.415. The quantitative estimate of drug-likeness (QED) is 0.186. The van der Waals surface area contributed by atoms with Crippen molar-refractivity contribution in [2.45, 2.75) is 5.41 Å². The third kappa shape index (κ3) is 3.71. The number of methoxy groups -OCH3 is 1. The van der Waals surface area contributed by atoms with Gasteiger partial charge in [0.1, 0.15) is 11.5 Å². The standard InChI is InChI=1S/C44H30O2/c1-3-46-37-21-15-31-25-35(19-13-33(31)27-37)44(34-18-12-32-26-36(45-2)20-14-30(32)24-34)41-23-17-28-8-4-6-10-38(28)42(41)40-22-16-29-9-5-7-11-39(29)43(40)44/h3-27H,1H2,2H3. The molecule has 2 heteroatoms. The van der Waals surface area contributed by atoms with Crippen molar-refractivity contribution in [2.24, 2.45) is 0 Å². The molecule has 1 unspecified atom stereocenters. The lowest BCUT2D eigenvalue weighted by atomic mass is 9.66. The highest BCUT2D eigenvalue weighted by atomic mass is 16.5. The van der Waals surface area contributed by atoms with E-state index in [0.717, 1.165) is 27.7 Å². The van der Waals surface area contributed by atoms with Crippen LogP contribution in [0.25, 0.3) is 54.2 Å². The summed E-state index contributed by atoms with van der Waals surface area (Å²) in [7, 11) is 1.72. The van der Waals surface area contributed by atoms with Gasteiger partial charge in [-0.3, -0.25) is 0 Å². The van der Waals surface area contributed by atoms with E-state index in [1.807, 2.05) is 6.07 Å². The van der Waals surface area contributed by atoms with Crippen molar-refractivity contribution >= 4 is 43.1 Å². The van der Waals surface area contributed by atoms with E-state index in [4.69, 9.17) is 9.47 Å². The van der Waals surface area contributed by atoms with Crippen LogP contribution in [0, 0.1) is 0 Å². The van der Waals surface area contributed by atoms with Crippen LogP contribution in [0.3, 0.4) is 0 Å². The molecule has 0 heterocycles. The Kier molecular flexibility index (Phi) is 5.82. The summed E-state index contributed by atoms with van der Waals surface area (Å²) in [5, 5.41) is 9.65. The molecule has 0 bridgehead atoms. The third-order valence-corrected chi connectivity index (χ3v) is 9.85. The first-order valence-corrected chi connectivity index (χ1v) is 15.6. The van der Waals surface area contributed by atoms with Gasteiger partial charge in [-0.1, -0.05) is 116 Å². The number of hydrogen-bond acceptors (Lipinski definition) is 2. The average molecular weight is 591 g/mol. The zero-order chi connectivity index (χ0) is 30.8. The van der Waals surface area contributed by atoms with E-state index in [1.165, 1.54) is 66.6 Å². The Balaban J connectivity index is 1.46. The van der Waals surface area contributed by atoms with Crippen molar-refractivity contribution in [3.63, 3.8) is 0 Å². The van der Waals surface area contributed by atoms with Crippen molar-refractivity contribution in [1.29, 1.82) is 0 Å². The maximum absolute atomic E-state index is 5.63. The molecule has 8 aromatic rings. The minimum absolute atomic E-state index is 0.575. The van der Waals surface area contributed by atoms with Gasteiger partial charge in [0.05, 0.1) is 18.8 Å². The van der Waals surface area contributed by atoms with Crippen LogP contribution in [0.1, 0.15) is 22.3 Å². The van der Waals surface area contributed by atoms with Crippen LogP contribution >= 0.6 is 0 Å². The monoisotopic (exact) mass is 590 g/mol. The zero-order valence-electron chi connectivity index (χ0n) is 25.5. The van der Waals surface area contributed by atoms with Gasteiger partial charge in [-0.15, -0.1) is 0 Å². The highest BCUT2D eigenvalue weighted by molar-refractivity contribution is 6.09. The van der Waals surface area contributed by atoms with E-state index in [-0.39, 0.29) is 0 Å². The minimum Gasteiger partial charge on any atom is -0.497 e. The Hall–Kier alpha value is -5.86. The Morgan fingerprint density at radius 2 is 1.07 bits per heavy atom. The van der Waals surface area contributed by atoms with E-state index in [0.29, 0.717) is 0 Å². The molecule has 0 aliphatic heterocycles. The minimum atomic E-state index is -0.575. The summed E-state index contributed by atoms with van der Waals surface area (Å²) in [6, 6.07) is 53.4. The Bertz CT molecular complexity index is 2520. The van der Waals surface area contributed by atoms with E-state index >= 15 is 0 Å². The zero-order valence-corrected chi connectivity index (χ0v) is 25.5. The van der Waals surface area contributed by atoms with Crippen LogP contribution in [0.2, 0.25) is 0 Å². The molecule has 1 atom stereocenters. The third-order valence-electron chi connectivity index (χ3n) is 9.85. The number of hydrogen-bond donors (Lipinski definition) is 0. The van der Waals surface area contributed by atoms with Gasteiger partial charge < -0.3 is 9.47 Å². The number of rotatable bonds is 5.